The van der Waals surface area contributed by atoms with E-state index in [9.17, 15) is 0 Å². The third-order valence-electron chi connectivity index (χ3n) is 8.54. The van der Waals surface area contributed by atoms with Crippen LogP contribution in [-0.2, 0) is 0 Å². The minimum atomic E-state index is -3.27. The van der Waals surface area contributed by atoms with Gasteiger partial charge >= 0.3 is 0 Å². The Hall–Kier alpha value is -3.84. The van der Waals surface area contributed by atoms with Crippen molar-refractivity contribution in [2.75, 3.05) is 42.7 Å². The van der Waals surface area contributed by atoms with Gasteiger partial charge in [0, 0.05) is 5.54 Å². The van der Waals surface area contributed by atoms with E-state index in [4.69, 9.17) is 28.4 Å². The van der Waals surface area contributed by atoms with E-state index in [1.165, 1.54) is 22.3 Å². The van der Waals surface area contributed by atoms with Crippen LogP contribution in [0.4, 0.5) is 0 Å². The molecular formula is C33H40O6Si. The zero-order chi connectivity index (χ0) is 29.2. The highest BCUT2D eigenvalue weighted by Gasteiger charge is 2.55. The molecule has 3 aromatic rings. The molecule has 0 heterocycles. The van der Waals surface area contributed by atoms with E-state index in [0.29, 0.717) is 0 Å². The largest absolute Gasteiger partial charge is 0.497 e. The first-order valence-corrected chi connectivity index (χ1v) is 15.3. The Morgan fingerprint density at radius 3 is 1.00 bits per heavy atom. The summed E-state index contributed by atoms with van der Waals surface area (Å²) in [5.74, 6) is 4.53. The molecule has 0 fully saturated rings. The van der Waals surface area contributed by atoms with Crippen LogP contribution < -0.4 is 44.0 Å². The topological polar surface area (TPSA) is 55.4 Å². The first-order chi connectivity index (χ1) is 19.2. The molecular weight excluding hydrogens is 520 g/mol. The Kier molecular flexibility index (Phi) is 8.54. The number of rotatable bonds is 10. The monoisotopic (exact) mass is 560 g/mol. The summed E-state index contributed by atoms with van der Waals surface area (Å²) in [4.78, 5) is 0. The van der Waals surface area contributed by atoms with Gasteiger partial charge in [0.15, 0.2) is 8.07 Å². The highest BCUT2D eigenvalue weighted by Crippen LogP contribution is 2.49. The van der Waals surface area contributed by atoms with Gasteiger partial charge in [-0.2, -0.15) is 0 Å². The highest BCUT2D eigenvalue weighted by molar-refractivity contribution is 7.14. The van der Waals surface area contributed by atoms with E-state index in [2.05, 4.69) is 45.9 Å². The van der Waals surface area contributed by atoms with Gasteiger partial charge in [-0.25, -0.2) is 0 Å². The predicted octanol–water partition coefficient (Wildman–Crippen LogP) is 5.27. The van der Waals surface area contributed by atoms with Crippen LogP contribution in [0.15, 0.2) is 76.9 Å². The molecule has 0 saturated carbocycles. The zero-order valence-corrected chi connectivity index (χ0v) is 26.2. The summed E-state index contributed by atoms with van der Waals surface area (Å²) in [6, 6.07) is 18.1. The van der Waals surface area contributed by atoms with Crippen LogP contribution in [0.1, 0.15) is 27.7 Å². The Labute approximate surface area is 239 Å². The molecule has 0 radical (unpaired) electrons. The van der Waals surface area contributed by atoms with Crippen molar-refractivity contribution < 1.29 is 28.4 Å². The molecule has 0 aliphatic heterocycles. The van der Waals surface area contributed by atoms with Crippen LogP contribution >= 0.6 is 0 Å². The summed E-state index contributed by atoms with van der Waals surface area (Å²) in [6.07, 6.45) is 0. The fourth-order valence-corrected chi connectivity index (χ4v) is 12.6. The van der Waals surface area contributed by atoms with Gasteiger partial charge in [-0.3, -0.25) is 0 Å². The molecule has 0 amide bonds. The molecule has 3 aromatic carbocycles. The SMILES string of the molecule is COc1ccc(OC)c([Si](c2cc(OC)ccc2OC)(c2cc(OC)ccc2OC)C2C(C)=C(C)C(C)=C2C)c1. The normalized spacial score (nSPS) is 13.9. The lowest BCUT2D eigenvalue weighted by Crippen LogP contribution is -2.70. The fourth-order valence-electron chi connectivity index (χ4n) is 6.27. The molecule has 4 rings (SSSR count). The van der Waals surface area contributed by atoms with Crippen LogP contribution in [0, 0.1) is 0 Å². The van der Waals surface area contributed by atoms with E-state index in [1.807, 2.05) is 36.4 Å². The van der Waals surface area contributed by atoms with Crippen molar-refractivity contribution in [1.29, 1.82) is 0 Å². The van der Waals surface area contributed by atoms with Gasteiger partial charge < -0.3 is 28.4 Å². The minimum Gasteiger partial charge on any atom is -0.497 e. The molecule has 1 aliphatic rings. The number of benzene rings is 3. The first-order valence-electron chi connectivity index (χ1n) is 13.3. The second-order valence-electron chi connectivity index (χ2n) is 10.1. The Bertz CT molecular complexity index is 1310. The van der Waals surface area contributed by atoms with Gasteiger partial charge in [-0.05, 0) is 109 Å². The van der Waals surface area contributed by atoms with E-state index < -0.39 is 8.07 Å². The van der Waals surface area contributed by atoms with Crippen molar-refractivity contribution in [1.82, 2.24) is 0 Å². The molecule has 40 heavy (non-hydrogen) atoms. The number of allylic oxidation sites excluding steroid dienone is 4. The summed E-state index contributed by atoms with van der Waals surface area (Å²) >= 11 is 0. The number of ether oxygens (including phenoxy) is 6. The van der Waals surface area contributed by atoms with Gasteiger partial charge in [0.05, 0.1) is 42.7 Å². The van der Waals surface area contributed by atoms with Gasteiger partial charge in [0.1, 0.15) is 34.5 Å². The third kappa shape index (κ3) is 4.52. The number of hydrogen-bond acceptors (Lipinski definition) is 6. The van der Waals surface area contributed by atoms with E-state index in [0.717, 1.165) is 50.1 Å². The molecule has 0 bridgehead atoms. The summed E-state index contributed by atoms with van der Waals surface area (Å²) in [7, 11) is 6.94. The third-order valence-corrected chi connectivity index (χ3v) is 14.0. The Balaban J connectivity index is 2.39. The van der Waals surface area contributed by atoms with Gasteiger partial charge in [0.2, 0.25) is 0 Å². The van der Waals surface area contributed by atoms with Crippen LogP contribution in [0.2, 0.25) is 5.54 Å². The maximum absolute atomic E-state index is 6.14. The molecule has 0 spiro atoms. The van der Waals surface area contributed by atoms with Gasteiger partial charge in [-0.15, -0.1) is 0 Å². The van der Waals surface area contributed by atoms with Crippen molar-refractivity contribution in [3.8, 4) is 34.5 Å². The lowest BCUT2D eigenvalue weighted by Gasteiger charge is -2.42. The molecule has 7 heteroatoms. The lowest BCUT2D eigenvalue weighted by molar-refractivity contribution is 0.403. The zero-order valence-electron chi connectivity index (χ0n) is 25.2. The molecule has 0 atom stereocenters. The predicted molar refractivity (Wildman–Crippen MR) is 164 cm³/mol. The molecule has 0 N–H and O–H groups in total. The molecule has 0 unspecified atom stereocenters. The number of hydrogen-bond donors (Lipinski definition) is 0. The maximum Gasteiger partial charge on any atom is 0.173 e. The van der Waals surface area contributed by atoms with Crippen molar-refractivity contribution in [2.45, 2.75) is 33.2 Å². The molecule has 6 nitrogen and oxygen atoms in total. The summed E-state index contributed by atoms with van der Waals surface area (Å²) in [5, 5.41) is 3.12. The highest BCUT2D eigenvalue weighted by atomic mass is 28.3. The summed E-state index contributed by atoms with van der Waals surface area (Å²) < 4.78 is 35.9. The quantitative estimate of drug-likeness (QED) is 0.249. The van der Waals surface area contributed by atoms with Crippen molar-refractivity contribution in [2.24, 2.45) is 0 Å². The van der Waals surface area contributed by atoms with Gasteiger partial charge in [0.25, 0.3) is 0 Å². The van der Waals surface area contributed by atoms with Crippen LogP contribution in [0.25, 0.3) is 0 Å². The van der Waals surface area contributed by atoms with E-state index in [1.54, 1.807) is 42.7 Å². The van der Waals surface area contributed by atoms with Crippen molar-refractivity contribution >= 4 is 23.6 Å². The fraction of sp³-hybridized carbons (Fsp3) is 0.333. The van der Waals surface area contributed by atoms with Crippen LogP contribution in [-0.4, -0.2) is 50.7 Å². The standard InChI is InChI=1S/C33H40O6Si/c1-20-21(2)23(4)33(22(20)3)40(30-17-24(34-5)11-14-27(30)37-8,31-18-25(35-6)12-15-28(31)38-9)32-19-26(36-7)13-16-29(32)39-10/h11-19,33H,1-10H3. The first kappa shape index (κ1) is 29.1. The van der Waals surface area contributed by atoms with Gasteiger partial charge in [-0.1, -0.05) is 11.1 Å². The maximum atomic E-state index is 6.14. The summed E-state index contributed by atoms with van der Waals surface area (Å²) in [6.45, 7) is 8.91. The molecule has 1 aliphatic carbocycles. The van der Waals surface area contributed by atoms with Crippen LogP contribution in [0.5, 0.6) is 34.5 Å². The summed E-state index contributed by atoms with van der Waals surface area (Å²) in [5.41, 5.74) is 5.22. The average Bonchev–Trinajstić information content (AvgIpc) is 3.19. The van der Waals surface area contributed by atoms with Crippen molar-refractivity contribution in [3.63, 3.8) is 0 Å². The molecule has 0 aromatic heterocycles. The Morgan fingerprint density at radius 1 is 0.450 bits per heavy atom. The second kappa shape index (κ2) is 11.7. The van der Waals surface area contributed by atoms with Crippen molar-refractivity contribution in [3.05, 3.63) is 76.9 Å². The molecule has 212 valence electrons. The Morgan fingerprint density at radius 2 is 0.750 bits per heavy atom. The van der Waals surface area contributed by atoms with Crippen LogP contribution in [0.3, 0.4) is 0 Å². The van der Waals surface area contributed by atoms with E-state index >= 15 is 0 Å². The smallest absolute Gasteiger partial charge is 0.173 e. The number of methoxy groups -OCH3 is 6. The average molecular weight is 561 g/mol. The minimum absolute atomic E-state index is 0.00974. The lowest BCUT2D eigenvalue weighted by atomic mass is 10.1. The second-order valence-corrected chi connectivity index (χ2v) is 13.9. The molecule has 0 saturated heterocycles. The van der Waals surface area contributed by atoms with E-state index in [-0.39, 0.29) is 5.54 Å².